The highest BCUT2D eigenvalue weighted by atomic mass is 32.1. The number of rotatable bonds is 2. The fourth-order valence-corrected chi connectivity index (χ4v) is 3.77. The van der Waals surface area contributed by atoms with Crippen LogP contribution in [0.1, 0.15) is 16.8 Å². The highest BCUT2D eigenvalue weighted by molar-refractivity contribution is 7.15. The number of fused-ring (bicyclic) bond motifs is 2. The summed E-state index contributed by atoms with van der Waals surface area (Å²) in [6.07, 6.45) is 2.88. The third kappa shape index (κ3) is 2.39. The molecular formula is C16H16N3OS+. The predicted octanol–water partition coefficient (Wildman–Crippen LogP) is 0.897. The molecule has 0 saturated heterocycles. The molecule has 5 heteroatoms. The number of hydrogen-bond acceptors (Lipinski definition) is 3. The summed E-state index contributed by atoms with van der Waals surface area (Å²) >= 11 is 1.51. The predicted molar refractivity (Wildman–Crippen MR) is 82.7 cm³/mol. The van der Waals surface area contributed by atoms with Gasteiger partial charge in [0.2, 0.25) is 0 Å². The van der Waals surface area contributed by atoms with Crippen molar-refractivity contribution in [3.63, 3.8) is 0 Å². The SMILES string of the molecule is O=c1cc(C[NH+]2CCc3ccccc3C2)nc2sccn12. The topological polar surface area (TPSA) is 38.8 Å². The van der Waals surface area contributed by atoms with Gasteiger partial charge in [0, 0.05) is 29.6 Å². The average Bonchev–Trinajstić information content (AvgIpc) is 2.96. The van der Waals surface area contributed by atoms with E-state index in [2.05, 4.69) is 29.2 Å². The summed E-state index contributed by atoms with van der Waals surface area (Å²) in [6, 6.07) is 10.3. The van der Waals surface area contributed by atoms with Crippen molar-refractivity contribution >= 4 is 16.3 Å². The van der Waals surface area contributed by atoms with E-state index in [0.29, 0.717) is 0 Å². The van der Waals surface area contributed by atoms with Crippen LogP contribution in [0.15, 0.2) is 46.7 Å². The van der Waals surface area contributed by atoms with Crippen LogP contribution in [-0.2, 0) is 19.5 Å². The van der Waals surface area contributed by atoms with Crippen molar-refractivity contribution in [2.45, 2.75) is 19.5 Å². The minimum atomic E-state index is 0.0214. The maximum absolute atomic E-state index is 12.0. The molecule has 1 unspecified atom stereocenters. The zero-order chi connectivity index (χ0) is 14.2. The molecule has 4 nitrogen and oxygen atoms in total. The fourth-order valence-electron chi connectivity index (χ4n) is 3.03. The summed E-state index contributed by atoms with van der Waals surface area (Å²) in [5, 5.41) is 1.90. The van der Waals surface area contributed by atoms with Gasteiger partial charge in [-0.1, -0.05) is 24.3 Å². The van der Waals surface area contributed by atoms with Crippen molar-refractivity contribution < 1.29 is 4.90 Å². The van der Waals surface area contributed by atoms with Gasteiger partial charge in [-0.05, 0) is 5.56 Å². The molecule has 0 saturated carbocycles. The standard InChI is InChI=1S/C16H15N3OS/c20-15-9-14(17-16-19(15)7-8-21-16)11-18-6-5-12-3-1-2-4-13(12)10-18/h1-4,7-9H,5-6,10-11H2/p+1. The van der Waals surface area contributed by atoms with E-state index in [1.165, 1.54) is 27.4 Å². The van der Waals surface area contributed by atoms with E-state index in [1.54, 1.807) is 16.7 Å². The van der Waals surface area contributed by atoms with Crippen LogP contribution in [0.5, 0.6) is 0 Å². The first-order chi connectivity index (χ1) is 10.3. The van der Waals surface area contributed by atoms with Gasteiger partial charge >= 0.3 is 0 Å². The second kappa shape index (κ2) is 5.09. The number of nitrogens with one attached hydrogen (secondary N) is 1. The Labute approximate surface area is 126 Å². The maximum atomic E-state index is 12.0. The molecule has 2 aromatic heterocycles. The molecular weight excluding hydrogens is 282 g/mol. The summed E-state index contributed by atoms with van der Waals surface area (Å²) in [5.74, 6) is 0. The van der Waals surface area contributed by atoms with Gasteiger partial charge in [0.15, 0.2) is 4.96 Å². The van der Waals surface area contributed by atoms with Crippen molar-refractivity contribution in [1.82, 2.24) is 9.38 Å². The second-order valence-corrected chi connectivity index (χ2v) is 6.39. The first kappa shape index (κ1) is 12.7. The van der Waals surface area contributed by atoms with Crippen LogP contribution < -0.4 is 10.5 Å². The molecule has 0 aliphatic carbocycles. The Bertz CT molecular complexity index is 852. The molecule has 106 valence electrons. The van der Waals surface area contributed by atoms with Crippen LogP contribution in [0.4, 0.5) is 0 Å². The molecule has 1 atom stereocenters. The lowest BCUT2D eigenvalue weighted by atomic mass is 10.00. The average molecular weight is 298 g/mol. The van der Waals surface area contributed by atoms with Crippen LogP contribution in [-0.4, -0.2) is 15.9 Å². The van der Waals surface area contributed by atoms with Crippen molar-refractivity contribution in [2.75, 3.05) is 6.54 Å². The van der Waals surface area contributed by atoms with Crippen molar-refractivity contribution in [3.8, 4) is 0 Å². The highest BCUT2D eigenvalue weighted by Crippen LogP contribution is 2.11. The van der Waals surface area contributed by atoms with Crippen LogP contribution in [0.25, 0.3) is 4.96 Å². The van der Waals surface area contributed by atoms with Crippen LogP contribution >= 0.6 is 11.3 Å². The molecule has 0 bridgehead atoms. The third-order valence-corrected chi connectivity index (χ3v) is 4.85. The van der Waals surface area contributed by atoms with Gasteiger partial charge in [0.25, 0.3) is 5.56 Å². The highest BCUT2D eigenvalue weighted by Gasteiger charge is 2.20. The molecule has 0 radical (unpaired) electrons. The lowest BCUT2D eigenvalue weighted by Crippen LogP contribution is -3.10. The molecule has 1 aliphatic heterocycles. The Kier molecular flexibility index (Phi) is 3.09. The zero-order valence-corrected chi connectivity index (χ0v) is 12.4. The molecule has 3 heterocycles. The van der Waals surface area contributed by atoms with Gasteiger partial charge in [-0.15, -0.1) is 11.3 Å². The quantitative estimate of drug-likeness (QED) is 0.763. The van der Waals surface area contributed by atoms with E-state index in [1.807, 2.05) is 5.38 Å². The normalized spacial score (nSPS) is 17.8. The summed E-state index contributed by atoms with van der Waals surface area (Å²) in [6.45, 7) is 2.93. The lowest BCUT2D eigenvalue weighted by molar-refractivity contribution is -0.929. The molecule has 0 spiro atoms. The van der Waals surface area contributed by atoms with Crippen molar-refractivity contribution in [3.05, 3.63) is 69.1 Å². The smallest absolute Gasteiger partial charge is 0.258 e. The number of nitrogens with zero attached hydrogens (tertiary/aromatic N) is 2. The Morgan fingerprint density at radius 3 is 3.05 bits per heavy atom. The van der Waals surface area contributed by atoms with E-state index in [-0.39, 0.29) is 5.56 Å². The van der Waals surface area contributed by atoms with Gasteiger partial charge in [-0.3, -0.25) is 9.20 Å². The molecule has 1 aromatic carbocycles. The monoisotopic (exact) mass is 298 g/mol. The number of quaternary nitrogens is 1. The zero-order valence-electron chi connectivity index (χ0n) is 11.6. The van der Waals surface area contributed by atoms with E-state index in [0.717, 1.165) is 36.7 Å². The van der Waals surface area contributed by atoms with Crippen molar-refractivity contribution in [2.24, 2.45) is 0 Å². The van der Waals surface area contributed by atoms with E-state index >= 15 is 0 Å². The molecule has 0 fully saturated rings. The first-order valence-electron chi connectivity index (χ1n) is 7.16. The number of aromatic nitrogens is 2. The van der Waals surface area contributed by atoms with Gasteiger partial charge < -0.3 is 4.90 Å². The van der Waals surface area contributed by atoms with E-state index in [4.69, 9.17) is 0 Å². The third-order valence-electron chi connectivity index (χ3n) is 4.09. The van der Waals surface area contributed by atoms with Crippen LogP contribution in [0.3, 0.4) is 0 Å². The van der Waals surface area contributed by atoms with Gasteiger partial charge in [0.05, 0.1) is 6.54 Å². The van der Waals surface area contributed by atoms with E-state index < -0.39 is 0 Å². The van der Waals surface area contributed by atoms with Gasteiger partial charge in [-0.2, -0.15) is 0 Å². The summed E-state index contributed by atoms with van der Waals surface area (Å²) in [5.41, 5.74) is 3.81. The summed E-state index contributed by atoms with van der Waals surface area (Å²) in [4.78, 5) is 18.9. The largest absolute Gasteiger partial charge is 0.326 e. The Morgan fingerprint density at radius 1 is 1.29 bits per heavy atom. The summed E-state index contributed by atoms with van der Waals surface area (Å²) < 4.78 is 1.61. The molecule has 4 rings (SSSR count). The lowest BCUT2D eigenvalue weighted by Gasteiger charge is -2.25. The van der Waals surface area contributed by atoms with Crippen LogP contribution in [0, 0.1) is 0 Å². The Balaban J connectivity index is 1.60. The van der Waals surface area contributed by atoms with Gasteiger partial charge in [0.1, 0.15) is 18.8 Å². The maximum Gasteiger partial charge on any atom is 0.258 e. The second-order valence-electron chi connectivity index (χ2n) is 5.51. The molecule has 3 aromatic rings. The molecule has 21 heavy (non-hydrogen) atoms. The Morgan fingerprint density at radius 2 is 2.14 bits per heavy atom. The fraction of sp³-hybridized carbons (Fsp3) is 0.250. The molecule has 1 N–H and O–H groups in total. The number of hydrogen-bond donors (Lipinski definition) is 1. The minimum Gasteiger partial charge on any atom is -0.326 e. The molecule has 0 amide bonds. The van der Waals surface area contributed by atoms with E-state index in [9.17, 15) is 4.79 Å². The van der Waals surface area contributed by atoms with Gasteiger partial charge in [-0.25, -0.2) is 4.98 Å². The Hall–Kier alpha value is -1.98. The first-order valence-corrected chi connectivity index (χ1v) is 8.04. The number of benzene rings is 1. The van der Waals surface area contributed by atoms with Crippen LogP contribution in [0.2, 0.25) is 0 Å². The molecule has 1 aliphatic rings. The summed E-state index contributed by atoms with van der Waals surface area (Å²) in [7, 11) is 0. The van der Waals surface area contributed by atoms with Crippen molar-refractivity contribution in [1.29, 1.82) is 0 Å². The number of thiazole rings is 1. The minimum absolute atomic E-state index is 0.0214.